The van der Waals surface area contributed by atoms with Crippen molar-refractivity contribution in [1.82, 2.24) is 0 Å². The van der Waals surface area contributed by atoms with E-state index in [0.717, 1.165) is 30.8 Å². The third kappa shape index (κ3) is 1.30. The van der Waals surface area contributed by atoms with Crippen LogP contribution in [0.3, 0.4) is 0 Å². The Hall–Kier alpha value is -1.51. The third-order valence-corrected chi connectivity index (χ3v) is 3.38. The van der Waals surface area contributed by atoms with E-state index < -0.39 is 0 Å². The highest BCUT2D eigenvalue weighted by atomic mass is 16.2. The van der Waals surface area contributed by atoms with Gasteiger partial charge in [0.25, 0.3) is 0 Å². The summed E-state index contributed by atoms with van der Waals surface area (Å²) in [6.07, 6.45) is 2.03. The maximum atomic E-state index is 11.9. The molecule has 3 heteroatoms. The molecular weight excluding hydrogens is 188 g/mol. The summed E-state index contributed by atoms with van der Waals surface area (Å²) in [5.74, 6) is 0.180. The third-order valence-electron chi connectivity index (χ3n) is 3.38. The number of anilines is 2. The summed E-state index contributed by atoms with van der Waals surface area (Å²) in [5, 5.41) is 6.37. The number of hydrogen-bond donors (Lipinski definition) is 2. The van der Waals surface area contributed by atoms with Gasteiger partial charge in [0.1, 0.15) is 0 Å². The smallest absolute Gasteiger partial charge is 0.232 e. The molecule has 78 valence electrons. The minimum Gasteiger partial charge on any atom is -0.382 e. The normalized spacial score (nSPS) is 21.3. The van der Waals surface area contributed by atoms with Gasteiger partial charge in [-0.1, -0.05) is 6.07 Å². The number of aryl methyl sites for hydroxylation is 1. The van der Waals surface area contributed by atoms with Crippen molar-refractivity contribution in [1.29, 1.82) is 0 Å². The largest absolute Gasteiger partial charge is 0.382 e. The molecule has 0 radical (unpaired) electrons. The number of carbonyl (C=O) groups is 1. The van der Waals surface area contributed by atoms with E-state index in [9.17, 15) is 4.79 Å². The number of hydrogen-bond acceptors (Lipinski definition) is 2. The molecule has 1 aromatic carbocycles. The minimum absolute atomic E-state index is 0.118. The first kappa shape index (κ1) is 8.77. The van der Waals surface area contributed by atoms with E-state index in [1.165, 1.54) is 5.56 Å². The van der Waals surface area contributed by atoms with Crippen molar-refractivity contribution < 1.29 is 4.79 Å². The van der Waals surface area contributed by atoms with Crippen molar-refractivity contribution in [3.8, 4) is 0 Å². The predicted octanol–water partition coefficient (Wildman–Crippen LogP) is 2.14. The molecule has 1 heterocycles. The molecule has 1 fully saturated rings. The fraction of sp³-hybridized carbons (Fsp3) is 0.417. The van der Waals surface area contributed by atoms with Crippen LogP contribution in [0, 0.1) is 12.3 Å². The van der Waals surface area contributed by atoms with E-state index >= 15 is 0 Å². The zero-order valence-corrected chi connectivity index (χ0v) is 8.76. The Labute approximate surface area is 88.9 Å². The molecule has 1 aliphatic carbocycles. The Morgan fingerprint density at radius 2 is 2.07 bits per heavy atom. The summed E-state index contributed by atoms with van der Waals surface area (Å²) >= 11 is 0. The fourth-order valence-electron chi connectivity index (χ4n) is 2.07. The second kappa shape index (κ2) is 2.75. The molecule has 15 heavy (non-hydrogen) atoms. The van der Waals surface area contributed by atoms with Crippen LogP contribution in [-0.4, -0.2) is 12.5 Å². The lowest BCUT2D eigenvalue weighted by Gasteiger charge is -2.09. The molecule has 0 saturated heterocycles. The molecule has 3 nitrogen and oxygen atoms in total. The topological polar surface area (TPSA) is 41.1 Å². The van der Waals surface area contributed by atoms with Crippen LogP contribution in [0.4, 0.5) is 11.4 Å². The Balaban J connectivity index is 2.00. The maximum absolute atomic E-state index is 11.9. The average molecular weight is 202 g/mol. The van der Waals surface area contributed by atoms with Crippen LogP contribution in [0.5, 0.6) is 0 Å². The molecule has 0 aromatic heterocycles. The molecule has 1 amide bonds. The second-order valence-corrected chi connectivity index (χ2v) is 4.64. The van der Waals surface area contributed by atoms with Gasteiger partial charge in [-0.3, -0.25) is 4.79 Å². The Morgan fingerprint density at radius 3 is 2.80 bits per heavy atom. The monoisotopic (exact) mass is 202 g/mol. The van der Waals surface area contributed by atoms with Gasteiger partial charge in [0.2, 0.25) is 5.91 Å². The Morgan fingerprint density at radius 1 is 1.27 bits per heavy atom. The molecule has 0 bridgehead atoms. The number of carbonyl (C=O) groups excluding carboxylic acids is 1. The number of fused-ring (bicyclic) bond motifs is 1. The summed E-state index contributed by atoms with van der Waals surface area (Å²) < 4.78 is 0. The van der Waals surface area contributed by atoms with Gasteiger partial charge in [0.05, 0.1) is 16.8 Å². The quantitative estimate of drug-likeness (QED) is 0.676. The first-order valence-electron chi connectivity index (χ1n) is 5.36. The van der Waals surface area contributed by atoms with Crippen LogP contribution in [-0.2, 0) is 4.79 Å². The summed E-state index contributed by atoms with van der Waals surface area (Å²) in [6.45, 7) is 2.80. The van der Waals surface area contributed by atoms with Crippen molar-refractivity contribution in [2.45, 2.75) is 19.8 Å². The zero-order valence-electron chi connectivity index (χ0n) is 8.76. The van der Waals surface area contributed by atoms with E-state index in [-0.39, 0.29) is 11.3 Å². The van der Waals surface area contributed by atoms with Crippen LogP contribution in [0.15, 0.2) is 18.2 Å². The van der Waals surface area contributed by atoms with Crippen LogP contribution < -0.4 is 10.6 Å². The van der Waals surface area contributed by atoms with Crippen LogP contribution in [0.25, 0.3) is 0 Å². The van der Waals surface area contributed by atoms with Gasteiger partial charge in [0.15, 0.2) is 0 Å². The molecular formula is C12H14N2O. The number of nitrogens with one attached hydrogen (secondary N) is 2. The van der Waals surface area contributed by atoms with Crippen molar-refractivity contribution >= 4 is 17.3 Å². The first-order valence-corrected chi connectivity index (χ1v) is 5.36. The molecule has 0 atom stereocenters. The zero-order chi connectivity index (χ0) is 10.5. The van der Waals surface area contributed by atoms with Crippen molar-refractivity contribution in [2.75, 3.05) is 17.2 Å². The fourth-order valence-corrected chi connectivity index (χ4v) is 2.07. The lowest BCUT2D eigenvalue weighted by molar-refractivity contribution is -0.120. The van der Waals surface area contributed by atoms with Crippen molar-refractivity contribution in [2.24, 2.45) is 5.41 Å². The van der Waals surface area contributed by atoms with Gasteiger partial charge in [-0.25, -0.2) is 0 Å². The summed E-state index contributed by atoms with van der Waals surface area (Å²) in [7, 11) is 0. The Bertz CT molecular complexity index is 435. The SMILES string of the molecule is Cc1ccc2c(c1)NC(=O)C1(CC1)CN2. The first-order chi connectivity index (χ1) is 7.20. The van der Waals surface area contributed by atoms with Crippen molar-refractivity contribution in [3.05, 3.63) is 23.8 Å². The molecule has 3 rings (SSSR count). The van der Waals surface area contributed by atoms with Gasteiger partial charge in [-0.05, 0) is 37.5 Å². The van der Waals surface area contributed by atoms with E-state index in [4.69, 9.17) is 0 Å². The molecule has 2 N–H and O–H groups in total. The standard InChI is InChI=1S/C12H14N2O/c1-8-2-3-9-10(6-8)14-11(15)12(4-5-12)7-13-9/h2-3,6,13H,4-5,7H2,1H3,(H,14,15). The van der Waals surface area contributed by atoms with Crippen LogP contribution in [0.1, 0.15) is 18.4 Å². The van der Waals surface area contributed by atoms with E-state index in [1.54, 1.807) is 0 Å². The van der Waals surface area contributed by atoms with Gasteiger partial charge in [-0.15, -0.1) is 0 Å². The van der Waals surface area contributed by atoms with Crippen LogP contribution in [0.2, 0.25) is 0 Å². The van der Waals surface area contributed by atoms with Crippen molar-refractivity contribution in [3.63, 3.8) is 0 Å². The molecule has 1 saturated carbocycles. The van der Waals surface area contributed by atoms with Gasteiger partial charge in [-0.2, -0.15) is 0 Å². The van der Waals surface area contributed by atoms with E-state index in [0.29, 0.717) is 0 Å². The lowest BCUT2D eigenvalue weighted by atomic mass is 10.1. The average Bonchev–Trinajstić information content (AvgIpc) is 2.98. The van der Waals surface area contributed by atoms with Crippen LogP contribution >= 0.6 is 0 Å². The molecule has 0 unspecified atom stereocenters. The minimum atomic E-state index is -0.118. The number of rotatable bonds is 0. The predicted molar refractivity (Wildman–Crippen MR) is 60.0 cm³/mol. The van der Waals surface area contributed by atoms with E-state index in [2.05, 4.69) is 16.7 Å². The summed E-state index contributed by atoms with van der Waals surface area (Å²) in [6, 6.07) is 6.11. The molecule has 2 aliphatic rings. The summed E-state index contributed by atoms with van der Waals surface area (Å²) in [5.41, 5.74) is 3.01. The highest BCUT2D eigenvalue weighted by Gasteiger charge is 2.50. The van der Waals surface area contributed by atoms with Gasteiger partial charge >= 0.3 is 0 Å². The van der Waals surface area contributed by atoms with E-state index in [1.807, 2.05) is 19.1 Å². The maximum Gasteiger partial charge on any atom is 0.232 e. The second-order valence-electron chi connectivity index (χ2n) is 4.64. The number of amides is 1. The molecule has 1 aromatic rings. The Kier molecular flexibility index (Phi) is 1.61. The summed E-state index contributed by atoms with van der Waals surface area (Å²) in [4.78, 5) is 11.9. The lowest BCUT2D eigenvalue weighted by Crippen LogP contribution is -2.27. The highest BCUT2D eigenvalue weighted by molar-refractivity contribution is 6.01. The molecule has 1 spiro atoms. The molecule has 1 aliphatic heterocycles. The highest BCUT2D eigenvalue weighted by Crippen LogP contribution is 2.48. The van der Waals surface area contributed by atoms with Gasteiger partial charge in [0, 0.05) is 6.54 Å². The van der Waals surface area contributed by atoms with Gasteiger partial charge < -0.3 is 10.6 Å². The number of benzene rings is 1.